The molecule has 8 N–H and O–H groups in total. The van der Waals surface area contributed by atoms with Crippen LogP contribution < -0.4 is 9.47 Å². The first-order valence-corrected chi connectivity index (χ1v) is 19.8. The summed E-state index contributed by atoms with van der Waals surface area (Å²) in [6, 6.07) is 14.2. The highest BCUT2D eigenvalue weighted by atomic mass is 16.7. The van der Waals surface area contributed by atoms with E-state index in [1.807, 2.05) is 6.07 Å². The SMILES string of the molecule is CC(=O)Oc1cc(CO)c2c(c1C=Cc1cccc(CCO)c1)C(=O)c1cc(O[C@H]3O[C@H](C)[C@@H](O)C(O)(O)[C@H]3O)c(Cc3cccc(C4(O)CCCC4)c3C=O)c(O)c1C2=O. The minimum Gasteiger partial charge on any atom is -0.507 e. The number of esters is 1. The first kappa shape index (κ1) is 43.5. The second kappa shape index (κ2) is 17.0. The Kier molecular flexibility index (Phi) is 12.1. The molecular weight excluding hydrogens is 792 g/mol. The second-order valence-corrected chi connectivity index (χ2v) is 15.7. The number of ketones is 2. The summed E-state index contributed by atoms with van der Waals surface area (Å²) < 4.78 is 17.2. The number of phenolic OH excluding ortho intramolecular Hbond substituents is 1. The predicted octanol–water partition coefficient (Wildman–Crippen LogP) is 2.98. The molecule has 7 rings (SSSR count). The van der Waals surface area contributed by atoms with Gasteiger partial charge in [-0.2, -0.15) is 0 Å². The fraction of sp³-hybridized carbons (Fsp3) is 0.348. The largest absolute Gasteiger partial charge is 0.507 e. The number of fused-ring (bicyclic) bond motifs is 2. The van der Waals surface area contributed by atoms with Crippen LogP contribution in [0.5, 0.6) is 17.2 Å². The number of aromatic hydroxyl groups is 1. The van der Waals surface area contributed by atoms with Gasteiger partial charge in [-0.25, -0.2) is 0 Å². The van der Waals surface area contributed by atoms with Crippen LogP contribution >= 0.6 is 0 Å². The van der Waals surface area contributed by atoms with Crippen molar-refractivity contribution in [3.63, 3.8) is 0 Å². The molecule has 0 amide bonds. The lowest BCUT2D eigenvalue weighted by molar-refractivity contribution is -0.371. The van der Waals surface area contributed by atoms with Gasteiger partial charge >= 0.3 is 5.97 Å². The molecule has 2 fully saturated rings. The molecule has 2 aliphatic carbocycles. The molecule has 0 unspecified atom stereocenters. The third-order valence-electron chi connectivity index (χ3n) is 11.7. The lowest BCUT2D eigenvalue weighted by Gasteiger charge is -2.44. The van der Waals surface area contributed by atoms with Gasteiger partial charge in [0, 0.05) is 53.3 Å². The topological polar surface area (TPSA) is 258 Å². The Morgan fingerprint density at radius 2 is 1.59 bits per heavy atom. The van der Waals surface area contributed by atoms with Crippen molar-refractivity contribution in [3.05, 3.63) is 121 Å². The summed E-state index contributed by atoms with van der Waals surface area (Å²) in [6.07, 6.45) is -1.72. The molecule has 3 aliphatic rings. The number of aliphatic hydroxyl groups excluding tert-OH is 4. The zero-order valence-electron chi connectivity index (χ0n) is 33.3. The molecular formula is C46H46O15. The highest BCUT2D eigenvalue weighted by Gasteiger charge is 2.54. The maximum Gasteiger partial charge on any atom is 0.308 e. The summed E-state index contributed by atoms with van der Waals surface area (Å²) in [4.78, 5) is 54.8. The van der Waals surface area contributed by atoms with Gasteiger partial charge in [-0.05, 0) is 72.2 Å². The number of carbonyl (C=O) groups is 4. The van der Waals surface area contributed by atoms with E-state index >= 15 is 0 Å². The Bertz CT molecular complexity index is 2440. The van der Waals surface area contributed by atoms with Crippen molar-refractivity contribution in [2.75, 3.05) is 6.61 Å². The van der Waals surface area contributed by atoms with Gasteiger partial charge in [0.1, 0.15) is 23.4 Å². The van der Waals surface area contributed by atoms with Gasteiger partial charge in [-0.3, -0.25) is 19.2 Å². The molecule has 4 atom stereocenters. The number of ether oxygens (including phenoxy) is 3. The Balaban J connectivity index is 1.43. The van der Waals surface area contributed by atoms with Crippen LogP contribution in [0.2, 0.25) is 0 Å². The lowest BCUT2D eigenvalue weighted by atomic mass is 9.77. The Labute approximate surface area is 349 Å². The second-order valence-electron chi connectivity index (χ2n) is 15.7. The number of aliphatic hydroxyl groups is 7. The molecule has 4 aromatic carbocycles. The Hall–Kier alpha value is -5.62. The Morgan fingerprint density at radius 3 is 2.26 bits per heavy atom. The van der Waals surface area contributed by atoms with Gasteiger partial charge in [0.05, 0.1) is 23.9 Å². The van der Waals surface area contributed by atoms with Crippen LogP contribution in [0.25, 0.3) is 12.2 Å². The number of phenols is 1. The standard InChI is InChI=1S/C46H46O15/c1-23-42(54)46(57,58)43(55)44(59-23)61-35-20-31-38(39(51)30(35)18-27-9-6-10-33(32(27)22-49)45(56)14-3-4-15-45)41(53)36-28(21-48)19-34(60-24(2)50)29(37(36)40(31)52)12-11-25-7-5-8-26(17-25)13-16-47/h5-12,17,19-20,22-23,42-44,47-48,51,54-58H,3-4,13-16,18,21H2,1-2H3/t23-,42-,43+,44-/m1/s1. The number of hydrogen-bond donors (Lipinski definition) is 8. The van der Waals surface area contributed by atoms with Gasteiger partial charge in [0.2, 0.25) is 12.1 Å². The average Bonchev–Trinajstić information content (AvgIpc) is 3.68. The van der Waals surface area contributed by atoms with Crippen molar-refractivity contribution in [1.82, 2.24) is 0 Å². The molecule has 61 heavy (non-hydrogen) atoms. The monoisotopic (exact) mass is 838 g/mol. The minimum absolute atomic E-state index is 0.0264. The van der Waals surface area contributed by atoms with E-state index in [-0.39, 0.29) is 57.7 Å². The van der Waals surface area contributed by atoms with Gasteiger partial charge in [-0.15, -0.1) is 0 Å². The number of benzene rings is 4. The smallest absolute Gasteiger partial charge is 0.308 e. The molecule has 0 aromatic heterocycles. The normalized spacial score (nSPS) is 21.6. The zero-order chi connectivity index (χ0) is 44.0. The summed E-state index contributed by atoms with van der Waals surface area (Å²) >= 11 is 0. The van der Waals surface area contributed by atoms with Crippen LogP contribution in [0.3, 0.4) is 0 Å². The van der Waals surface area contributed by atoms with Crippen molar-refractivity contribution in [2.24, 2.45) is 0 Å². The molecule has 4 aromatic rings. The fourth-order valence-corrected chi connectivity index (χ4v) is 8.57. The van der Waals surface area contributed by atoms with E-state index in [1.165, 1.54) is 19.1 Å². The Morgan fingerprint density at radius 1 is 0.869 bits per heavy atom. The molecule has 0 radical (unpaired) electrons. The molecule has 0 spiro atoms. The van der Waals surface area contributed by atoms with Crippen LogP contribution in [0.4, 0.5) is 0 Å². The van der Waals surface area contributed by atoms with Crippen molar-refractivity contribution < 1.29 is 74.2 Å². The van der Waals surface area contributed by atoms with E-state index in [2.05, 4.69) is 0 Å². The first-order valence-electron chi connectivity index (χ1n) is 19.8. The maximum absolute atomic E-state index is 14.9. The van der Waals surface area contributed by atoms with Crippen LogP contribution in [-0.2, 0) is 34.6 Å². The summed E-state index contributed by atoms with van der Waals surface area (Å²) in [7, 11) is 0. The molecule has 15 heteroatoms. The van der Waals surface area contributed by atoms with Crippen molar-refractivity contribution in [1.29, 1.82) is 0 Å². The van der Waals surface area contributed by atoms with E-state index in [0.29, 0.717) is 36.7 Å². The van der Waals surface area contributed by atoms with E-state index in [4.69, 9.17) is 14.2 Å². The molecule has 1 saturated heterocycles. The number of aldehydes is 1. The highest BCUT2D eigenvalue weighted by molar-refractivity contribution is 6.31. The van der Waals surface area contributed by atoms with Gasteiger partial charge in [-0.1, -0.05) is 61.4 Å². The molecule has 0 bridgehead atoms. The summed E-state index contributed by atoms with van der Waals surface area (Å²) in [5.41, 5.74) is -1.00. The highest BCUT2D eigenvalue weighted by Crippen LogP contribution is 2.47. The van der Waals surface area contributed by atoms with E-state index in [1.54, 1.807) is 42.5 Å². The van der Waals surface area contributed by atoms with Crippen LogP contribution in [0, 0.1) is 0 Å². The number of hydrogen-bond acceptors (Lipinski definition) is 15. The van der Waals surface area contributed by atoms with Gasteiger partial charge in [0.25, 0.3) is 0 Å². The van der Waals surface area contributed by atoms with Crippen LogP contribution in [0.1, 0.15) is 121 Å². The van der Waals surface area contributed by atoms with Gasteiger partial charge < -0.3 is 55.1 Å². The van der Waals surface area contributed by atoms with Crippen molar-refractivity contribution in [2.45, 2.75) is 95.0 Å². The minimum atomic E-state index is -3.15. The van der Waals surface area contributed by atoms with E-state index < -0.39 is 82.8 Å². The molecule has 15 nitrogen and oxygen atoms in total. The molecule has 320 valence electrons. The number of rotatable bonds is 12. The fourth-order valence-electron chi connectivity index (χ4n) is 8.57. The lowest BCUT2D eigenvalue weighted by Crippen LogP contribution is -2.67. The van der Waals surface area contributed by atoms with Crippen LogP contribution in [0.15, 0.2) is 54.6 Å². The third-order valence-corrected chi connectivity index (χ3v) is 11.7. The van der Waals surface area contributed by atoms with E-state index in [0.717, 1.165) is 31.4 Å². The first-order chi connectivity index (χ1) is 29.0. The molecule has 1 heterocycles. The van der Waals surface area contributed by atoms with Crippen LogP contribution in [-0.4, -0.2) is 102 Å². The average molecular weight is 839 g/mol. The summed E-state index contributed by atoms with van der Waals surface area (Å²) in [5.74, 6) is -7.08. The maximum atomic E-state index is 14.9. The molecule has 1 aliphatic heterocycles. The third kappa shape index (κ3) is 7.91. The van der Waals surface area contributed by atoms with Crippen molar-refractivity contribution >= 4 is 36.0 Å². The molecule has 1 saturated carbocycles. The van der Waals surface area contributed by atoms with Gasteiger partial charge in [0.15, 0.2) is 24.0 Å². The predicted molar refractivity (Wildman–Crippen MR) is 216 cm³/mol. The summed E-state index contributed by atoms with van der Waals surface area (Å²) in [6.45, 7) is 1.52. The summed E-state index contributed by atoms with van der Waals surface area (Å²) in [5, 5.41) is 86.4. The van der Waals surface area contributed by atoms with Crippen molar-refractivity contribution in [3.8, 4) is 17.2 Å². The number of carbonyl (C=O) groups excluding carboxylic acids is 4. The van der Waals surface area contributed by atoms with E-state index in [9.17, 15) is 60.0 Å². The quantitative estimate of drug-likeness (QED) is 0.0296. The zero-order valence-corrected chi connectivity index (χ0v) is 33.3.